The van der Waals surface area contributed by atoms with Gasteiger partial charge in [-0.25, -0.2) is 13.1 Å². The summed E-state index contributed by atoms with van der Waals surface area (Å²) in [5, 5.41) is 0. The molecule has 1 rings (SSSR count). The fourth-order valence-electron chi connectivity index (χ4n) is 2.09. The van der Waals surface area contributed by atoms with Gasteiger partial charge in [0.15, 0.2) is 0 Å². The van der Waals surface area contributed by atoms with Crippen molar-refractivity contribution in [3.63, 3.8) is 0 Å². The summed E-state index contributed by atoms with van der Waals surface area (Å²) in [6, 6.07) is -0.600. The van der Waals surface area contributed by atoms with Crippen LogP contribution in [-0.4, -0.2) is 50.7 Å². The number of carbonyl (C=O) groups is 1. The molecule has 112 valence electrons. The number of piperidine rings is 1. The molecule has 0 aromatic carbocycles. The predicted molar refractivity (Wildman–Crippen MR) is 75.0 cm³/mol. The van der Waals surface area contributed by atoms with Crippen molar-refractivity contribution in [3.05, 3.63) is 0 Å². The number of hydrogen-bond donors (Lipinski definition) is 2. The number of amides is 1. The summed E-state index contributed by atoms with van der Waals surface area (Å²) in [6.07, 6.45) is 2.42. The summed E-state index contributed by atoms with van der Waals surface area (Å²) >= 11 is 0. The molecule has 0 aromatic heterocycles. The van der Waals surface area contributed by atoms with E-state index in [0.717, 1.165) is 6.26 Å². The van der Waals surface area contributed by atoms with Gasteiger partial charge in [0.05, 0.1) is 12.3 Å². The van der Waals surface area contributed by atoms with Gasteiger partial charge >= 0.3 is 0 Å². The quantitative estimate of drug-likeness (QED) is 0.759. The van der Waals surface area contributed by atoms with Crippen LogP contribution in [0.15, 0.2) is 0 Å². The first-order chi connectivity index (χ1) is 8.50. The van der Waals surface area contributed by atoms with Crippen LogP contribution >= 0.6 is 0 Å². The summed E-state index contributed by atoms with van der Waals surface area (Å²) < 4.78 is 24.9. The molecule has 6 nitrogen and oxygen atoms in total. The molecular formula is C12H25N3O3S. The zero-order valence-corrected chi connectivity index (χ0v) is 13.0. The topological polar surface area (TPSA) is 92.5 Å². The van der Waals surface area contributed by atoms with Crippen LogP contribution in [0.4, 0.5) is 0 Å². The van der Waals surface area contributed by atoms with E-state index in [4.69, 9.17) is 5.73 Å². The summed E-state index contributed by atoms with van der Waals surface area (Å²) in [5.74, 6) is -0.0506. The number of rotatable bonds is 3. The van der Waals surface area contributed by atoms with E-state index in [1.54, 1.807) is 4.90 Å². The maximum atomic E-state index is 12.2. The molecule has 1 heterocycles. The minimum Gasteiger partial charge on any atom is -0.341 e. The second kappa shape index (κ2) is 5.76. The van der Waals surface area contributed by atoms with Crippen LogP contribution in [0.5, 0.6) is 0 Å². The van der Waals surface area contributed by atoms with E-state index in [9.17, 15) is 13.2 Å². The number of nitrogens with one attached hydrogen (secondary N) is 1. The Balaban J connectivity index is 2.52. The molecule has 0 bridgehead atoms. The SMILES string of the molecule is CC(C)(C)C(N)C(=O)N1CCC(NS(C)(=O)=O)CC1. The number of likely N-dealkylation sites (tertiary alicyclic amines) is 1. The number of nitrogens with zero attached hydrogens (tertiary/aromatic N) is 1. The molecule has 1 aliphatic rings. The summed E-state index contributed by atoms with van der Waals surface area (Å²) in [4.78, 5) is 13.9. The summed E-state index contributed by atoms with van der Waals surface area (Å²) in [7, 11) is -3.18. The molecule has 0 spiro atoms. The van der Waals surface area contributed by atoms with Gasteiger partial charge in [0.2, 0.25) is 15.9 Å². The van der Waals surface area contributed by atoms with Crippen molar-refractivity contribution in [2.24, 2.45) is 11.1 Å². The lowest BCUT2D eigenvalue weighted by Crippen LogP contribution is -2.54. The van der Waals surface area contributed by atoms with Crippen molar-refractivity contribution in [2.45, 2.75) is 45.7 Å². The van der Waals surface area contributed by atoms with E-state index in [2.05, 4.69) is 4.72 Å². The largest absolute Gasteiger partial charge is 0.341 e. The van der Waals surface area contributed by atoms with E-state index in [1.165, 1.54) is 0 Å². The zero-order valence-electron chi connectivity index (χ0n) is 12.1. The number of hydrogen-bond acceptors (Lipinski definition) is 4. The smallest absolute Gasteiger partial charge is 0.240 e. The van der Waals surface area contributed by atoms with Gasteiger partial charge in [-0.2, -0.15) is 0 Å². The van der Waals surface area contributed by atoms with E-state index in [0.29, 0.717) is 25.9 Å². The van der Waals surface area contributed by atoms with Crippen LogP contribution in [0.2, 0.25) is 0 Å². The van der Waals surface area contributed by atoms with Gasteiger partial charge in [-0.05, 0) is 18.3 Å². The average molecular weight is 291 g/mol. The average Bonchev–Trinajstić information content (AvgIpc) is 2.24. The molecule has 0 saturated carbocycles. The van der Waals surface area contributed by atoms with Gasteiger partial charge in [-0.3, -0.25) is 4.79 Å². The Morgan fingerprint density at radius 2 is 1.79 bits per heavy atom. The molecule has 0 aromatic rings. The van der Waals surface area contributed by atoms with Gasteiger partial charge < -0.3 is 10.6 Å². The minimum atomic E-state index is -3.18. The van der Waals surface area contributed by atoms with Crippen LogP contribution in [0.25, 0.3) is 0 Å². The highest BCUT2D eigenvalue weighted by atomic mass is 32.2. The van der Waals surface area contributed by atoms with E-state index in [1.807, 2.05) is 20.8 Å². The normalized spacial score (nSPS) is 20.4. The summed E-state index contributed by atoms with van der Waals surface area (Å²) in [5.41, 5.74) is 5.69. The van der Waals surface area contributed by atoms with E-state index in [-0.39, 0.29) is 17.4 Å². The van der Waals surface area contributed by atoms with Gasteiger partial charge in [-0.15, -0.1) is 0 Å². The molecule has 1 amide bonds. The highest BCUT2D eigenvalue weighted by Gasteiger charge is 2.33. The maximum Gasteiger partial charge on any atom is 0.240 e. The zero-order chi connectivity index (χ0) is 14.8. The standard InChI is InChI=1S/C12H25N3O3S/c1-12(2,3)10(13)11(16)15-7-5-9(6-8-15)14-19(4,17)18/h9-10,14H,5-8,13H2,1-4H3. The van der Waals surface area contributed by atoms with Crippen molar-refractivity contribution in [2.75, 3.05) is 19.3 Å². The number of carbonyl (C=O) groups excluding carboxylic acids is 1. The van der Waals surface area contributed by atoms with E-state index >= 15 is 0 Å². The molecule has 1 saturated heterocycles. The lowest BCUT2D eigenvalue weighted by atomic mass is 9.86. The van der Waals surface area contributed by atoms with Crippen LogP contribution in [0, 0.1) is 5.41 Å². The molecule has 1 atom stereocenters. The van der Waals surface area contributed by atoms with Crippen molar-refractivity contribution >= 4 is 15.9 Å². The first kappa shape index (κ1) is 16.4. The summed E-state index contributed by atoms with van der Waals surface area (Å²) in [6.45, 7) is 6.92. The molecule has 1 aliphatic heterocycles. The van der Waals surface area contributed by atoms with Crippen molar-refractivity contribution in [1.82, 2.24) is 9.62 Å². The first-order valence-electron chi connectivity index (χ1n) is 6.52. The first-order valence-corrected chi connectivity index (χ1v) is 8.41. The Bertz CT molecular complexity index is 420. The molecule has 7 heteroatoms. The molecule has 0 radical (unpaired) electrons. The van der Waals surface area contributed by atoms with Gasteiger partial charge in [-0.1, -0.05) is 20.8 Å². The van der Waals surface area contributed by atoms with E-state index < -0.39 is 16.1 Å². The van der Waals surface area contributed by atoms with Crippen molar-refractivity contribution in [1.29, 1.82) is 0 Å². The fraction of sp³-hybridized carbons (Fsp3) is 0.917. The maximum absolute atomic E-state index is 12.2. The number of nitrogens with two attached hydrogens (primary N) is 1. The molecule has 1 unspecified atom stereocenters. The van der Waals surface area contributed by atoms with Crippen LogP contribution in [0.1, 0.15) is 33.6 Å². The predicted octanol–water partition coefficient (Wildman–Crippen LogP) is -0.1000. The molecule has 19 heavy (non-hydrogen) atoms. The second-order valence-corrected chi connectivity index (χ2v) is 8.11. The lowest BCUT2D eigenvalue weighted by Gasteiger charge is -2.36. The molecule has 0 aliphatic carbocycles. The highest BCUT2D eigenvalue weighted by molar-refractivity contribution is 7.88. The highest BCUT2D eigenvalue weighted by Crippen LogP contribution is 2.21. The Morgan fingerprint density at radius 3 is 2.16 bits per heavy atom. The van der Waals surface area contributed by atoms with Crippen LogP contribution in [-0.2, 0) is 14.8 Å². The Hall–Kier alpha value is -0.660. The van der Waals surface area contributed by atoms with Crippen molar-refractivity contribution in [3.8, 4) is 0 Å². The Kier molecular flexibility index (Phi) is 4.97. The molecular weight excluding hydrogens is 266 g/mol. The number of sulfonamides is 1. The minimum absolute atomic E-state index is 0.0506. The monoisotopic (exact) mass is 291 g/mol. The third-order valence-electron chi connectivity index (χ3n) is 3.39. The van der Waals surface area contributed by atoms with Gasteiger partial charge in [0.25, 0.3) is 0 Å². The van der Waals surface area contributed by atoms with Gasteiger partial charge in [0, 0.05) is 19.1 Å². The Morgan fingerprint density at radius 1 is 1.32 bits per heavy atom. The fourth-order valence-corrected chi connectivity index (χ4v) is 2.93. The van der Waals surface area contributed by atoms with Gasteiger partial charge in [0.1, 0.15) is 0 Å². The van der Waals surface area contributed by atoms with Crippen LogP contribution < -0.4 is 10.5 Å². The Labute approximate surface area is 115 Å². The second-order valence-electron chi connectivity index (χ2n) is 6.33. The van der Waals surface area contributed by atoms with Crippen LogP contribution in [0.3, 0.4) is 0 Å². The lowest BCUT2D eigenvalue weighted by molar-refractivity contribution is -0.136. The molecule has 3 N–H and O–H groups in total. The third-order valence-corrected chi connectivity index (χ3v) is 4.15. The third kappa shape index (κ3) is 5.08. The molecule has 1 fully saturated rings. The van der Waals surface area contributed by atoms with Crippen molar-refractivity contribution < 1.29 is 13.2 Å².